The van der Waals surface area contributed by atoms with Gasteiger partial charge in [-0.15, -0.1) is 11.3 Å². The Labute approximate surface area is 143 Å². The molecule has 0 saturated carbocycles. The van der Waals surface area contributed by atoms with Gasteiger partial charge in [0.15, 0.2) is 9.84 Å². The van der Waals surface area contributed by atoms with Gasteiger partial charge in [0.25, 0.3) is 0 Å². The van der Waals surface area contributed by atoms with Crippen molar-refractivity contribution in [1.82, 2.24) is 0 Å². The second kappa shape index (κ2) is 6.26. The second-order valence-corrected chi connectivity index (χ2v) is 8.32. The molecule has 2 aromatic heterocycles. The summed E-state index contributed by atoms with van der Waals surface area (Å²) in [6.45, 7) is 1.72. The number of hydrogen-bond donors (Lipinski definition) is 1. The summed E-state index contributed by atoms with van der Waals surface area (Å²) in [5.74, 6) is -1.49. The molecule has 3 rings (SSSR count). The Morgan fingerprint density at radius 1 is 1.25 bits per heavy atom. The molecule has 124 valence electrons. The molecule has 0 aliphatic rings. The minimum atomic E-state index is -3.64. The molecule has 0 spiro atoms. The highest BCUT2D eigenvalue weighted by Gasteiger charge is 2.24. The average molecular weight is 362 g/mol. The van der Waals surface area contributed by atoms with Gasteiger partial charge in [0.1, 0.15) is 4.88 Å². The van der Waals surface area contributed by atoms with Gasteiger partial charge in [0.05, 0.1) is 23.2 Å². The van der Waals surface area contributed by atoms with Crippen molar-refractivity contribution >= 4 is 27.1 Å². The molecule has 1 N–H and O–H groups in total. The predicted octanol–water partition coefficient (Wildman–Crippen LogP) is 3.99. The van der Waals surface area contributed by atoms with E-state index in [2.05, 4.69) is 0 Å². The van der Waals surface area contributed by atoms with Crippen LogP contribution in [0.2, 0.25) is 0 Å². The fourth-order valence-corrected chi connectivity index (χ4v) is 5.18. The first-order chi connectivity index (χ1) is 11.4. The van der Waals surface area contributed by atoms with Crippen LogP contribution in [0.5, 0.6) is 0 Å². The van der Waals surface area contributed by atoms with E-state index in [-0.39, 0.29) is 21.1 Å². The normalized spacial score (nSPS) is 11.5. The standard InChI is InChI=1S/C17H14O5S2/c1-11-4-2-3-5-15(11)24(20,21)10-13-8-14(12-6-7-22-9-12)23-16(13)17(18)19/h2-9H,10H2,1H3,(H,18,19). The molecule has 7 heteroatoms. The van der Waals surface area contributed by atoms with E-state index < -0.39 is 15.8 Å². The summed E-state index contributed by atoms with van der Waals surface area (Å²) < 4.78 is 30.4. The van der Waals surface area contributed by atoms with E-state index >= 15 is 0 Å². The molecule has 0 unspecified atom stereocenters. The van der Waals surface area contributed by atoms with E-state index in [1.54, 1.807) is 37.3 Å². The van der Waals surface area contributed by atoms with Crippen LogP contribution in [0.3, 0.4) is 0 Å². The molecule has 0 bridgehead atoms. The van der Waals surface area contributed by atoms with Crippen molar-refractivity contribution in [1.29, 1.82) is 0 Å². The molecule has 0 fully saturated rings. The number of furan rings is 1. The number of rotatable bonds is 5. The molecule has 0 atom stereocenters. The lowest BCUT2D eigenvalue weighted by atomic mass is 10.2. The van der Waals surface area contributed by atoms with E-state index in [1.807, 2.05) is 0 Å². The lowest BCUT2D eigenvalue weighted by Gasteiger charge is -2.07. The highest BCUT2D eigenvalue weighted by Crippen LogP contribution is 2.34. The third-order valence-corrected chi connectivity index (χ3v) is 6.62. The maximum atomic E-state index is 12.7. The number of thiophene rings is 1. The van der Waals surface area contributed by atoms with Crippen LogP contribution in [0.4, 0.5) is 0 Å². The number of sulfone groups is 1. The minimum absolute atomic E-state index is 0.0309. The number of carboxylic acid groups (broad SMARTS) is 1. The quantitative estimate of drug-likeness (QED) is 0.742. The van der Waals surface area contributed by atoms with Gasteiger partial charge in [-0.3, -0.25) is 0 Å². The molecule has 0 aliphatic carbocycles. The molecule has 3 aromatic rings. The van der Waals surface area contributed by atoms with Crippen LogP contribution in [0.15, 0.2) is 58.2 Å². The van der Waals surface area contributed by atoms with E-state index in [0.717, 1.165) is 16.9 Å². The van der Waals surface area contributed by atoms with Gasteiger partial charge in [-0.05, 0) is 36.2 Å². The molecule has 5 nitrogen and oxygen atoms in total. The summed E-state index contributed by atoms with van der Waals surface area (Å²) in [5, 5.41) is 9.39. The number of carbonyl (C=O) groups is 1. The Morgan fingerprint density at radius 3 is 2.62 bits per heavy atom. The van der Waals surface area contributed by atoms with Gasteiger partial charge in [-0.1, -0.05) is 18.2 Å². The van der Waals surface area contributed by atoms with Crippen molar-refractivity contribution in [2.75, 3.05) is 0 Å². The molecular weight excluding hydrogens is 348 g/mol. The molecule has 0 saturated heterocycles. The van der Waals surface area contributed by atoms with E-state index in [1.165, 1.54) is 18.6 Å². The van der Waals surface area contributed by atoms with Gasteiger partial charge in [0.2, 0.25) is 0 Å². The summed E-state index contributed by atoms with van der Waals surface area (Å²) >= 11 is 1.04. The highest BCUT2D eigenvalue weighted by molar-refractivity contribution is 7.90. The van der Waals surface area contributed by atoms with Crippen molar-refractivity contribution in [3.8, 4) is 10.4 Å². The van der Waals surface area contributed by atoms with Crippen LogP contribution in [0, 0.1) is 6.92 Å². The van der Waals surface area contributed by atoms with Gasteiger partial charge < -0.3 is 9.52 Å². The van der Waals surface area contributed by atoms with Crippen LogP contribution >= 0.6 is 11.3 Å². The monoisotopic (exact) mass is 362 g/mol. The van der Waals surface area contributed by atoms with Crippen LogP contribution < -0.4 is 0 Å². The Kier molecular flexibility index (Phi) is 4.29. The van der Waals surface area contributed by atoms with Crippen molar-refractivity contribution < 1.29 is 22.7 Å². The van der Waals surface area contributed by atoms with Crippen molar-refractivity contribution in [3.05, 3.63) is 64.9 Å². The molecule has 0 aliphatic heterocycles. The molecule has 0 radical (unpaired) electrons. The smallest absolute Gasteiger partial charge is 0.346 e. The fourth-order valence-electron chi connectivity index (χ4n) is 2.45. The Hall–Kier alpha value is -2.38. The molecule has 0 amide bonds. The topological polar surface area (TPSA) is 84.6 Å². The third kappa shape index (κ3) is 3.13. The predicted molar refractivity (Wildman–Crippen MR) is 91.0 cm³/mol. The van der Waals surface area contributed by atoms with Gasteiger partial charge in [0, 0.05) is 10.4 Å². The highest BCUT2D eigenvalue weighted by atomic mass is 32.2. The van der Waals surface area contributed by atoms with Crippen molar-refractivity contribution in [2.45, 2.75) is 17.6 Å². The van der Waals surface area contributed by atoms with Gasteiger partial charge >= 0.3 is 5.97 Å². The summed E-state index contributed by atoms with van der Waals surface area (Å²) in [5.41, 5.74) is 1.65. The van der Waals surface area contributed by atoms with Crippen LogP contribution in [0.25, 0.3) is 10.4 Å². The summed E-state index contributed by atoms with van der Waals surface area (Å²) in [6.07, 6.45) is 2.98. The number of aryl methyl sites for hydroxylation is 1. The van der Waals surface area contributed by atoms with Crippen molar-refractivity contribution in [3.63, 3.8) is 0 Å². The minimum Gasteiger partial charge on any atom is -0.477 e. The molecule has 24 heavy (non-hydrogen) atoms. The van der Waals surface area contributed by atoms with E-state index in [0.29, 0.717) is 10.4 Å². The van der Waals surface area contributed by atoms with E-state index in [9.17, 15) is 18.3 Å². The van der Waals surface area contributed by atoms with E-state index in [4.69, 9.17) is 4.42 Å². The first-order valence-corrected chi connectivity index (χ1v) is 9.52. The van der Waals surface area contributed by atoms with Crippen LogP contribution in [-0.2, 0) is 15.6 Å². The first kappa shape index (κ1) is 16.5. The van der Waals surface area contributed by atoms with Crippen LogP contribution in [-0.4, -0.2) is 19.5 Å². The first-order valence-electron chi connectivity index (χ1n) is 7.05. The largest absolute Gasteiger partial charge is 0.477 e. The zero-order chi connectivity index (χ0) is 17.3. The summed E-state index contributed by atoms with van der Waals surface area (Å²) in [7, 11) is -3.64. The summed E-state index contributed by atoms with van der Waals surface area (Å²) in [6, 6.07) is 9.98. The Balaban J connectivity index is 2.03. The zero-order valence-corrected chi connectivity index (χ0v) is 14.4. The van der Waals surface area contributed by atoms with Gasteiger partial charge in [-0.25, -0.2) is 13.2 Å². The zero-order valence-electron chi connectivity index (χ0n) is 12.7. The number of benzene rings is 1. The van der Waals surface area contributed by atoms with Gasteiger partial charge in [-0.2, -0.15) is 0 Å². The lowest BCUT2D eigenvalue weighted by Crippen LogP contribution is -2.08. The number of hydrogen-bond acceptors (Lipinski definition) is 5. The third-order valence-electron chi connectivity index (χ3n) is 3.58. The molecule has 1 aromatic carbocycles. The maximum absolute atomic E-state index is 12.7. The lowest BCUT2D eigenvalue weighted by molar-refractivity contribution is 0.0701. The SMILES string of the molecule is Cc1ccccc1S(=O)(=O)Cc1cc(-c2ccoc2)sc1C(=O)O. The average Bonchev–Trinajstić information content (AvgIpc) is 3.16. The summed E-state index contributed by atoms with van der Waals surface area (Å²) in [4.78, 5) is 12.4. The number of aromatic carboxylic acids is 1. The second-order valence-electron chi connectivity index (χ2n) is 5.31. The molecular formula is C17H14O5S2. The Morgan fingerprint density at radius 2 is 2.00 bits per heavy atom. The van der Waals surface area contributed by atoms with Crippen molar-refractivity contribution in [2.24, 2.45) is 0 Å². The number of carboxylic acids is 1. The molecule has 2 heterocycles. The maximum Gasteiger partial charge on any atom is 0.346 e. The van der Waals surface area contributed by atoms with Crippen LogP contribution in [0.1, 0.15) is 20.8 Å². The fraction of sp³-hybridized carbons (Fsp3) is 0.118. The Bertz CT molecular complexity index is 982.